The van der Waals surface area contributed by atoms with E-state index < -0.39 is 17.3 Å². The van der Waals surface area contributed by atoms with Gasteiger partial charge >= 0.3 is 0 Å². The molecule has 0 unspecified atom stereocenters. The van der Waals surface area contributed by atoms with Gasteiger partial charge in [-0.15, -0.1) is 0 Å². The number of piperidine rings is 1. The molecule has 144 valence electrons. The van der Waals surface area contributed by atoms with Gasteiger partial charge in [0.15, 0.2) is 0 Å². The van der Waals surface area contributed by atoms with Crippen molar-refractivity contribution in [1.82, 2.24) is 4.90 Å². The van der Waals surface area contributed by atoms with E-state index in [2.05, 4.69) is 0 Å². The Morgan fingerprint density at radius 2 is 1.85 bits per heavy atom. The summed E-state index contributed by atoms with van der Waals surface area (Å²) in [7, 11) is 0. The number of carbonyl (C=O) groups excluding carboxylic acids is 1. The lowest BCUT2D eigenvalue weighted by Gasteiger charge is -2.51. The van der Waals surface area contributed by atoms with Gasteiger partial charge < -0.3 is 25.0 Å². The minimum absolute atomic E-state index is 0.00438. The van der Waals surface area contributed by atoms with Crippen LogP contribution in [0, 0.1) is 0 Å². The van der Waals surface area contributed by atoms with Gasteiger partial charge in [0.2, 0.25) is 0 Å². The minimum atomic E-state index is -1.18. The zero-order valence-corrected chi connectivity index (χ0v) is 15.4. The molecule has 2 aliphatic rings. The summed E-state index contributed by atoms with van der Waals surface area (Å²) in [5.74, 6) is -0.236. The van der Waals surface area contributed by atoms with E-state index in [0.29, 0.717) is 44.3 Å². The Kier molecular flexibility index (Phi) is 4.37. The molecular formula is C21H25NO5. The average Bonchev–Trinajstić information content (AvgIpc) is 2.67. The summed E-state index contributed by atoms with van der Waals surface area (Å²) >= 11 is 0. The number of phenols is 1. The third-order valence-corrected chi connectivity index (χ3v) is 6.11. The van der Waals surface area contributed by atoms with E-state index in [1.807, 2.05) is 24.3 Å². The number of hydrogen-bond donors (Lipinski definition) is 3. The van der Waals surface area contributed by atoms with Crippen LogP contribution in [-0.2, 0) is 4.74 Å². The van der Waals surface area contributed by atoms with E-state index in [1.54, 1.807) is 24.0 Å². The van der Waals surface area contributed by atoms with E-state index in [4.69, 9.17) is 4.74 Å². The molecule has 2 heterocycles. The largest absolute Gasteiger partial charge is 0.506 e. The molecule has 0 bridgehead atoms. The number of likely N-dealkylation sites (tertiary alicyclic amines) is 1. The molecule has 2 atom stereocenters. The quantitative estimate of drug-likeness (QED) is 0.714. The molecule has 0 aliphatic carbocycles. The van der Waals surface area contributed by atoms with Crippen molar-refractivity contribution in [2.45, 2.75) is 43.5 Å². The molecule has 1 amide bonds. The maximum absolute atomic E-state index is 13.0. The summed E-state index contributed by atoms with van der Waals surface area (Å²) in [4.78, 5) is 14.6. The van der Waals surface area contributed by atoms with Crippen LogP contribution in [0.3, 0.4) is 0 Å². The number of amides is 1. The first-order chi connectivity index (χ1) is 12.8. The summed E-state index contributed by atoms with van der Waals surface area (Å²) in [5, 5.41) is 33.1. The summed E-state index contributed by atoms with van der Waals surface area (Å²) < 4.78 is 5.87. The monoisotopic (exact) mass is 371 g/mol. The Labute approximate surface area is 158 Å². The van der Waals surface area contributed by atoms with Crippen LogP contribution >= 0.6 is 0 Å². The fraction of sp³-hybridized carbons (Fsp3) is 0.476. The van der Waals surface area contributed by atoms with Gasteiger partial charge in [-0.3, -0.25) is 4.79 Å². The lowest BCUT2D eigenvalue weighted by atomic mass is 9.75. The predicted octanol–water partition coefficient (Wildman–Crippen LogP) is 2.05. The second-order valence-corrected chi connectivity index (χ2v) is 7.90. The highest BCUT2D eigenvalue weighted by molar-refractivity contribution is 6.03. The standard InChI is InChI=1S/C21H25NO5/c1-20(26)10-13-27-21(19(20)25)8-11-22(12-9-21)18(24)16-7-6-14-4-2-3-5-15(14)17(16)23/h2-7,19,23,25-26H,8-13H2,1H3/t19-,20+/m0/s1. The highest BCUT2D eigenvalue weighted by atomic mass is 16.5. The number of phenolic OH excluding ortho intramolecular Hbond substituents is 1. The molecule has 2 aromatic carbocycles. The summed E-state index contributed by atoms with van der Waals surface area (Å²) in [6.45, 7) is 2.83. The Bertz CT molecular complexity index is 870. The van der Waals surface area contributed by atoms with Crippen molar-refractivity contribution in [3.63, 3.8) is 0 Å². The second-order valence-electron chi connectivity index (χ2n) is 7.90. The number of benzene rings is 2. The molecule has 1 spiro atoms. The van der Waals surface area contributed by atoms with Crippen molar-refractivity contribution >= 4 is 16.7 Å². The minimum Gasteiger partial charge on any atom is -0.506 e. The smallest absolute Gasteiger partial charge is 0.257 e. The molecule has 6 heteroatoms. The Morgan fingerprint density at radius 3 is 2.59 bits per heavy atom. The van der Waals surface area contributed by atoms with Crippen molar-refractivity contribution in [2.75, 3.05) is 19.7 Å². The Hall–Kier alpha value is -2.15. The SMILES string of the molecule is C[C@@]1(O)CCOC2(CCN(C(=O)c3ccc4ccccc4c3O)CC2)[C@H]1O. The maximum Gasteiger partial charge on any atom is 0.257 e. The summed E-state index contributed by atoms with van der Waals surface area (Å²) in [6, 6.07) is 10.9. The molecular weight excluding hydrogens is 346 g/mol. The highest BCUT2D eigenvalue weighted by Gasteiger charge is 2.53. The van der Waals surface area contributed by atoms with E-state index in [1.165, 1.54) is 0 Å². The number of rotatable bonds is 1. The van der Waals surface area contributed by atoms with Gasteiger partial charge in [0.05, 0.1) is 17.8 Å². The van der Waals surface area contributed by atoms with Gasteiger partial charge in [0.1, 0.15) is 17.5 Å². The van der Waals surface area contributed by atoms with Crippen molar-refractivity contribution < 1.29 is 24.9 Å². The fourth-order valence-corrected chi connectivity index (χ4v) is 4.35. The topological polar surface area (TPSA) is 90.2 Å². The molecule has 27 heavy (non-hydrogen) atoms. The number of aliphatic hydroxyl groups is 2. The molecule has 0 radical (unpaired) electrons. The summed E-state index contributed by atoms with van der Waals surface area (Å²) in [5.41, 5.74) is -1.72. The highest BCUT2D eigenvalue weighted by Crippen LogP contribution is 2.40. The Morgan fingerprint density at radius 1 is 1.15 bits per heavy atom. The number of carbonyl (C=O) groups is 1. The zero-order chi connectivity index (χ0) is 19.2. The van der Waals surface area contributed by atoms with Crippen LogP contribution in [0.2, 0.25) is 0 Å². The number of nitrogens with zero attached hydrogens (tertiary/aromatic N) is 1. The van der Waals surface area contributed by atoms with Gasteiger partial charge in [-0.2, -0.15) is 0 Å². The van der Waals surface area contributed by atoms with E-state index >= 15 is 0 Å². The molecule has 0 aromatic heterocycles. The number of aromatic hydroxyl groups is 1. The van der Waals surface area contributed by atoms with E-state index in [9.17, 15) is 20.1 Å². The lowest BCUT2D eigenvalue weighted by molar-refractivity contribution is -0.244. The molecule has 3 N–H and O–H groups in total. The average molecular weight is 371 g/mol. The third kappa shape index (κ3) is 2.98. The van der Waals surface area contributed by atoms with Gasteiger partial charge in [-0.25, -0.2) is 0 Å². The first-order valence-electron chi connectivity index (χ1n) is 9.38. The molecule has 2 aliphatic heterocycles. The maximum atomic E-state index is 13.0. The molecule has 2 aromatic rings. The van der Waals surface area contributed by atoms with Crippen molar-refractivity contribution in [1.29, 1.82) is 0 Å². The first kappa shape index (κ1) is 18.2. The summed E-state index contributed by atoms with van der Waals surface area (Å²) in [6.07, 6.45) is 0.309. The van der Waals surface area contributed by atoms with E-state index in [0.717, 1.165) is 5.39 Å². The molecule has 4 rings (SSSR count). The van der Waals surface area contributed by atoms with Gasteiger partial charge in [0.25, 0.3) is 5.91 Å². The van der Waals surface area contributed by atoms with Crippen LogP contribution in [0.4, 0.5) is 0 Å². The fourth-order valence-electron chi connectivity index (χ4n) is 4.35. The third-order valence-electron chi connectivity index (χ3n) is 6.11. The van der Waals surface area contributed by atoms with Crippen molar-refractivity contribution in [3.8, 4) is 5.75 Å². The van der Waals surface area contributed by atoms with Crippen molar-refractivity contribution in [3.05, 3.63) is 42.0 Å². The molecule has 2 saturated heterocycles. The van der Waals surface area contributed by atoms with Gasteiger partial charge in [-0.1, -0.05) is 30.3 Å². The van der Waals surface area contributed by atoms with Gasteiger partial charge in [-0.05, 0) is 31.2 Å². The Balaban J connectivity index is 1.53. The zero-order valence-electron chi connectivity index (χ0n) is 15.4. The van der Waals surface area contributed by atoms with Crippen LogP contribution < -0.4 is 0 Å². The van der Waals surface area contributed by atoms with Crippen LogP contribution in [0.15, 0.2) is 36.4 Å². The second kappa shape index (κ2) is 6.48. The lowest BCUT2D eigenvalue weighted by Crippen LogP contribution is -2.64. The van der Waals surface area contributed by atoms with Crippen LogP contribution in [0.25, 0.3) is 10.8 Å². The molecule has 0 saturated carbocycles. The van der Waals surface area contributed by atoms with Crippen LogP contribution in [0.1, 0.15) is 36.5 Å². The normalized spacial score (nSPS) is 27.8. The van der Waals surface area contributed by atoms with Crippen LogP contribution in [0.5, 0.6) is 5.75 Å². The first-order valence-corrected chi connectivity index (χ1v) is 9.38. The molecule has 6 nitrogen and oxygen atoms in total. The van der Waals surface area contributed by atoms with E-state index in [-0.39, 0.29) is 17.2 Å². The van der Waals surface area contributed by atoms with Crippen LogP contribution in [-0.4, -0.2) is 63.1 Å². The van der Waals surface area contributed by atoms with Gasteiger partial charge in [0, 0.05) is 24.9 Å². The number of ether oxygens (including phenoxy) is 1. The number of fused-ring (bicyclic) bond motifs is 1. The molecule has 2 fully saturated rings. The van der Waals surface area contributed by atoms with Crippen molar-refractivity contribution in [2.24, 2.45) is 0 Å². The number of hydrogen-bond acceptors (Lipinski definition) is 5. The number of aliphatic hydroxyl groups excluding tert-OH is 1. The predicted molar refractivity (Wildman–Crippen MR) is 101 cm³/mol.